The van der Waals surface area contributed by atoms with E-state index in [2.05, 4.69) is 42.5 Å². The maximum atomic E-state index is 8.83. The molecule has 0 fully saturated rings. The van der Waals surface area contributed by atoms with Gasteiger partial charge in [-0.15, -0.1) is 0 Å². The molecule has 0 aliphatic rings. The molecule has 0 amide bonds. The quantitative estimate of drug-likeness (QED) is 0.843. The van der Waals surface area contributed by atoms with Crippen LogP contribution in [-0.2, 0) is 0 Å². The van der Waals surface area contributed by atoms with Gasteiger partial charge in [0, 0.05) is 30.5 Å². The molecule has 0 unspecified atom stereocenters. The first-order valence-electron chi connectivity index (χ1n) is 7.93. The van der Waals surface area contributed by atoms with E-state index < -0.39 is 0 Å². The monoisotopic (exact) mass is 324 g/mol. The lowest BCUT2D eigenvalue weighted by Crippen LogP contribution is -2.40. The predicted octanol–water partition coefficient (Wildman–Crippen LogP) is 3.90. The third-order valence-electron chi connectivity index (χ3n) is 3.84. The summed E-state index contributed by atoms with van der Waals surface area (Å²) in [5.41, 5.74) is 1.62. The smallest absolute Gasteiger partial charge is 0.126 e. The standard InChI is InChI=1S/C19H24N4O/c1-19(2,3)17(23-15-6-5-7-16(10-15)24-4)13-22-18-9-8-14(11-20)12-21-18/h5-10,12,17,23H,13H2,1-4H3,(H,21,22)/t17-/m0/s1. The van der Waals surface area contributed by atoms with E-state index in [0.29, 0.717) is 12.1 Å². The van der Waals surface area contributed by atoms with E-state index >= 15 is 0 Å². The molecule has 1 aromatic heterocycles. The van der Waals surface area contributed by atoms with Crippen LogP contribution in [0, 0.1) is 16.7 Å². The topological polar surface area (TPSA) is 70.0 Å². The van der Waals surface area contributed by atoms with Crippen LogP contribution in [0.3, 0.4) is 0 Å². The molecular formula is C19H24N4O. The van der Waals surface area contributed by atoms with Crippen LogP contribution in [-0.4, -0.2) is 24.7 Å². The SMILES string of the molecule is COc1cccc(N[C@@H](CNc2ccc(C#N)cn2)C(C)(C)C)c1. The number of pyridine rings is 1. The van der Waals surface area contributed by atoms with E-state index in [-0.39, 0.29) is 11.5 Å². The van der Waals surface area contributed by atoms with Gasteiger partial charge in [0.2, 0.25) is 0 Å². The fourth-order valence-corrected chi connectivity index (χ4v) is 2.26. The van der Waals surface area contributed by atoms with Crippen LogP contribution in [0.4, 0.5) is 11.5 Å². The van der Waals surface area contributed by atoms with Crippen molar-refractivity contribution >= 4 is 11.5 Å². The Morgan fingerprint density at radius 3 is 2.62 bits per heavy atom. The Morgan fingerprint density at radius 1 is 1.25 bits per heavy atom. The summed E-state index contributed by atoms with van der Waals surface area (Å²) in [7, 11) is 1.67. The number of nitrogens with zero attached hydrogens (tertiary/aromatic N) is 2. The number of hydrogen-bond acceptors (Lipinski definition) is 5. The first kappa shape index (κ1) is 17.6. The van der Waals surface area contributed by atoms with Gasteiger partial charge in [0.15, 0.2) is 0 Å². The van der Waals surface area contributed by atoms with E-state index in [0.717, 1.165) is 17.3 Å². The van der Waals surface area contributed by atoms with Crippen molar-refractivity contribution in [3.05, 3.63) is 48.2 Å². The summed E-state index contributed by atoms with van der Waals surface area (Å²) in [5.74, 6) is 1.59. The van der Waals surface area contributed by atoms with Crippen LogP contribution in [0.1, 0.15) is 26.3 Å². The summed E-state index contributed by atoms with van der Waals surface area (Å²) in [6.45, 7) is 7.29. The highest BCUT2D eigenvalue weighted by molar-refractivity contribution is 5.49. The van der Waals surface area contributed by atoms with E-state index in [1.54, 1.807) is 19.4 Å². The minimum absolute atomic E-state index is 0.0443. The summed E-state index contributed by atoms with van der Waals surface area (Å²) in [6, 6.07) is 13.7. The largest absolute Gasteiger partial charge is 0.497 e. The lowest BCUT2D eigenvalue weighted by atomic mass is 9.86. The van der Waals surface area contributed by atoms with Crippen molar-refractivity contribution in [3.8, 4) is 11.8 Å². The number of ether oxygens (including phenoxy) is 1. The number of benzene rings is 1. The molecule has 5 nitrogen and oxygen atoms in total. The number of anilines is 2. The number of aromatic nitrogens is 1. The van der Waals surface area contributed by atoms with E-state index in [1.807, 2.05) is 30.3 Å². The van der Waals surface area contributed by atoms with Crippen molar-refractivity contribution < 1.29 is 4.74 Å². The normalized spacial score (nSPS) is 12.1. The molecule has 0 bridgehead atoms. The molecular weight excluding hydrogens is 300 g/mol. The lowest BCUT2D eigenvalue weighted by molar-refractivity contribution is 0.350. The second-order valence-electron chi connectivity index (χ2n) is 6.72. The summed E-state index contributed by atoms with van der Waals surface area (Å²) in [6.07, 6.45) is 1.57. The van der Waals surface area contributed by atoms with Crippen LogP contribution in [0.15, 0.2) is 42.6 Å². The summed E-state index contributed by atoms with van der Waals surface area (Å²) < 4.78 is 5.28. The number of rotatable bonds is 6. The minimum atomic E-state index is 0.0443. The van der Waals surface area contributed by atoms with E-state index in [4.69, 9.17) is 10.00 Å². The number of methoxy groups -OCH3 is 1. The zero-order chi connectivity index (χ0) is 17.6. The zero-order valence-corrected chi connectivity index (χ0v) is 14.6. The number of nitriles is 1. The first-order chi connectivity index (χ1) is 11.4. The summed E-state index contributed by atoms with van der Waals surface area (Å²) in [4.78, 5) is 4.26. The van der Waals surface area contributed by atoms with Crippen molar-refractivity contribution in [1.82, 2.24) is 4.98 Å². The van der Waals surface area contributed by atoms with Crippen molar-refractivity contribution in [2.45, 2.75) is 26.8 Å². The summed E-state index contributed by atoms with van der Waals surface area (Å²) in [5, 5.41) is 15.7. The van der Waals surface area contributed by atoms with Crippen LogP contribution in [0.5, 0.6) is 5.75 Å². The van der Waals surface area contributed by atoms with E-state index in [9.17, 15) is 0 Å². The third-order valence-corrected chi connectivity index (χ3v) is 3.84. The van der Waals surface area contributed by atoms with Gasteiger partial charge >= 0.3 is 0 Å². The Balaban J connectivity index is 2.06. The Hall–Kier alpha value is -2.74. The van der Waals surface area contributed by atoms with Crippen LogP contribution in [0.2, 0.25) is 0 Å². The summed E-state index contributed by atoms with van der Waals surface area (Å²) >= 11 is 0. The minimum Gasteiger partial charge on any atom is -0.497 e. The van der Waals surface area contributed by atoms with Gasteiger partial charge in [0.1, 0.15) is 17.6 Å². The zero-order valence-electron chi connectivity index (χ0n) is 14.6. The number of hydrogen-bond donors (Lipinski definition) is 2. The number of nitrogens with one attached hydrogen (secondary N) is 2. The van der Waals surface area contributed by atoms with Crippen LogP contribution < -0.4 is 15.4 Å². The van der Waals surface area contributed by atoms with Gasteiger partial charge in [-0.2, -0.15) is 5.26 Å². The molecule has 2 aromatic rings. The molecule has 0 radical (unpaired) electrons. The fourth-order valence-electron chi connectivity index (χ4n) is 2.26. The average Bonchev–Trinajstić information content (AvgIpc) is 2.58. The van der Waals surface area contributed by atoms with Crippen LogP contribution >= 0.6 is 0 Å². The van der Waals surface area contributed by atoms with Crippen LogP contribution in [0.25, 0.3) is 0 Å². The predicted molar refractivity (Wildman–Crippen MR) is 97.3 cm³/mol. The third kappa shape index (κ3) is 4.88. The molecule has 1 aromatic carbocycles. The molecule has 0 saturated carbocycles. The second kappa shape index (κ2) is 7.69. The average molecular weight is 324 g/mol. The van der Waals surface area contributed by atoms with Crippen molar-refractivity contribution in [3.63, 3.8) is 0 Å². The Kier molecular flexibility index (Phi) is 5.64. The highest BCUT2D eigenvalue weighted by Gasteiger charge is 2.24. The van der Waals surface area contributed by atoms with Crippen molar-refractivity contribution in [2.75, 3.05) is 24.3 Å². The molecule has 0 aliphatic carbocycles. The van der Waals surface area contributed by atoms with Gasteiger partial charge in [0.25, 0.3) is 0 Å². The molecule has 0 aliphatic heterocycles. The molecule has 2 rings (SSSR count). The van der Waals surface area contributed by atoms with Crippen molar-refractivity contribution in [2.24, 2.45) is 5.41 Å². The molecule has 0 spiro atoms. The highest BCUT2D eigenvalue weighted by Crippen LogP contribution is 2.25. The lowest BCUT2D eigenvalue weighted by Gasteiger charge is -2.32. The van der Waals surface area contributed by atoms with Gasteiger partial charge < -0.3 is 15.4 Å². The molecule has 126 valence electrons. The Morgan fingerprint density at radius 2 is 2.04 bits per heavy atom. The molecule has 1 atom stereocenters. The maximum absolute atomic E-state index is 8.83. The fraction of sp³-hybridized carbons (Fsp3) is 0.368. The first-order valence-corrected chi connectivity index (χ1v) is 7.93. The van der Waals surface area contributed by atoms with Gasteiger partial charge in [-0.1, -0.05) is 26.8 Å². The molecule has 2 N–H and O–H groups in total. The molecule has 0 saturated heterocycles. The molecule has 24 heavy (non-hydrogen) atoms. The van der Waals surface area contributed by atoms with Gasteiger partial charge in [-0.25, -0.2) is 4.98 Å². The highest BCUT2D eigenvalue weighted by atomic mass is 16.5. The van der Waals surface area contributed by atoms with Gasteiger partial charge in [0.05, 0.1) is 12.7 Å². The molecule has 5 heteroatoms. The molecule has 1 heterocycles. The second-order valence-corrected chi connectivity index (χ2v) is 6.72. The van der Waals surface area contributed by atoms with Gasteiger partial charge in [-0.3, -0.25) is 0 Å². The maximum Gasteiger partial charge on any atom is 0.126 e. The Bertz CT molecular complexity index is 699. The van der Waals surface area contributed by atoms with Crippen molar-refractivity contribution in [1.29, 1.82) is 5.26 Å². The van der Waals surface area contributed by atoms with E-state index in [1.165, 1.54) is 0 Å². The Labute approximate surface area is 143 Å². The van der Waals surface area contributed by atoms with Gasteiger partial charge in [-0.05, 0) is 29.7 Å².